The number of β-amino-alcohol motifs (C(OH)–C–C–N with tert-alkyl or cyclic N) is 1. The summed E-state index contributed by atoms with van der Waals surface area (Å²) in [5.74, 6) is 0.719. The molecule has 1 amide bonds. The third kappa shape index (κ3) is 3.39. The molecule has 0 unspecified atom stereocenters. The number of ether oxygens (including phenoxy) is 2. The smallest absolute Gasteiger partial charge is 0.259 e. The number of aliphatic hydroxyl groups is 1. The molecule has 5 nitrogen and oxygen atoms in total. The van der Waals surface area contributed by atoms with Gasteiger partial charge in [0.2, 0.25) is 0 Å². The van der Waals surface area contributed by atoms with Crippen molar-refractivity contribution in [1.82, 2.24) is 0 Å². The Kier molecular flexibility index (Phi) is 4.79. The molecule has 1 heterocycles. The van der Waals surface area contributed by atoms with Crippen molar-refractivity contribution in [3.8, 4) is 5.75 Å². The molecule has 1 aliphatic rings. The molecule has 0 radical (unpaired) electrons. The number of amides is 1. The van der Waals surface area contributed by atoms with Crippen molar-refractivity contribution in [2.24, 2.45) is 0 Å². The highest BCUT2D eigenvalue weighted by Gasteiger charge is 2.30. The highest BCUT2D eigenvalue weighted by Crippen LogP contribution is 2.37. The van der Waals surface area contributed by atoms with Gasteiger partial charge in [0.25, 0.3) is 5.91 Å². The van der Waals surface area contributed by atoms with Gasteiger partial charge in [-0.3, -0.25) is 4.79 Å². The molecule has 3 aromatic carbocycles. The largest absolute Gasteiger partial charge is 0.497 e. The van der Waals surface area contributed by atoms with Crippen LogP contribution in [-0.4, -0.2) is 37.4 Å². The molecule has 4 rings (SSSR count). The fraction of sp³-hybridized carbons (Fsp3) is 0.227. The number of nitrogens with zero attached hydrogens (tertiary/aromatic N) is 1. The first-order valence-corrected chi connectivity index (χ1v) is 8.89. The van der Waals surface area contributed by atoms with Gasteiger partial charge in [0, 0.05) is 10.9 Å². The number of carbonyl (C=O) groups is 1. The lowest BCUT2D eigenvalue weighted by Gasteiger charge is -2.21. The summed E-state index contributed by atoms with van der Waals surface area (Å²) < 4.78 is 10.8. The van der Waals surface area contributed by atoms with Crippen LogP contribution in [0.2, 0.25) is 0 Å². The minimum atomic E-state index is -0.767. The number of methoxy groups -OCH3 is 1. The average molecular weight is 363 g/mol. The summed E-state index contributed by atoms with van der Waals surface area (Å²) in [5, 5.41) is 12.4. The van der Waals surface area contributed by atoms with Crippen LogP contribution in [0.25, 0.3) is 10.8 Å². The zero-order valence-corrected chi connectivity index (χ0v) is 15.1. The standard InChI is InChI=1S/C22H21NO4/c1-26-18-10-8-15(9-11-18)13-27-14-17(24)12-23-20-7-3-5-16-4-2-6-19(21(16)20)22(23)25/h2-11,17,24H,12-14H2,1H3/t17-/m1/s1. The van der Waals surface area contributed by atoms with E-state index in [9.17, 15) is 9.90 Å². The van der Waals surface area contributed by atoms with Crippen LogP contribution in [0.1, 0.15) is 15.9 Å². The first-order chi connectivity index (χ1) is 13.2. The normalized spacial score (nSPS) is 14.0. The molecule has 1 aliphatic heterocycles. The van der Waals surface area contributed by atoms with Gasteiger partial charge in [-0.05, 0) is 35.2 Å². The first-order valence-electron chi connectivity index (χ1n) is 8.89. The van der Waals surface area contributed by atoms with Gasteiger partial charge in [-0.2, -0.15) is 0 Å². The summed E-state index contributed by atoms with van der Waals surface area (Å²) in [6.45, 7) is 0.752. The third-order valence-electron chi connectivity index (χ3n) is 4.78. The molecule has 0 spiro atoms. The van der Waals surface area contributed by atoms with E-state index in [1.54, 1.807) is 12.0 Å². The predicted octanol–water partition coefficient (Wildman–Crippen LogP) is 3.39. The number of aliphatic hydroxyl groups excluding tert-OH is 1. The van der Waals surface area contributed by atoms with Crippen molar-refractivity contribution < 1.29 is 19.4 Å². The second-order valence-corrected chi connectivity index (χ2v) is 6.61. The van der Waals surface area contributed by atoms with E-state index in [0.29, 0.717) is 12.2 Å². The molecule has 0 aliphatic carbocycles. The number of benzene rings is 3. The zero-order chi connectivity index (χ0) is 18.8. The Bertz CT molecular complexity index is 962. The monoisotopic (exact) mass is 363 g/mol. The highest BCUT2D eigenvalue weighted by atomic mass is 16.5. The van der Waals surface area contributed by atoms with Crippen molar-refractivity contribution in [1.29, 1.82) is 0 Å². The van der Waals surface area contributed by atoms with E-state index >= 15 is 0 Å². The Balaban J connectivity index is 1.38. The van der Waals surface area contributed by atoms with E-state index in [0.717, 1.165) is 27.8 Å². The first kappa shape index (κ1) is 17.5. The van der Waals surface area contributed by atoms with Crippen LogP contribution in [0.3, 0.4) is 0 Å². The average Bonchev–Trinajstić information content (AvgIpc) is 2.97. The van der Waals surface area contributed by atoms with E-state index < -0.39 is 6.10 Å². The summed E-state index contributed by atoms with van der Waals surface area (Å²) in [5.41, 5.74) is 2.54. The van der Waals surface area contributed by atoms with Crippen LogP contribution in [0.4, 0.5) is 5.69 Å². The van der Waals surface area contributed by atoms with Gasteiger partial charge in [0.1, 0.15) is 5.75 Å². The minimum absolute atomic E-state index is 0.0731. The quantitative estimate of drug-likeness (QED) is 0.699. The van der Waals surface area contributed by atoms with E-state index in [-0.39, 0.29) is 19.1 Å². The summed E-state index contributed by atoms with van der Waals surface area (Å²) >= 11 is 0. The van der Waals surface area contributed by atoms with Crippen LogP contribution >= 0.6 is 0 Å². The summed E-state index contributed by atoms with van der Waals surface area (Å²) in [6, 6.07) is 19.1. The molecular formula is C22H21NO4. The Hall–Kier alpha value is -2.89. The Morgan fingerprint density at radius 3 is 2.52 bits per heavy atom. The van der Waals surface area contributed by atoms with Crippen LogP contribution in [0.5, 0.6) is 5.75 Å². The van der Waals surface area contributed by atoms with Crippen LogP contribution in [0, 0.1) is 0 Å². The van der Waals surface area contributed by atoms with Crippen molar-refractivity contribution >= 4 is 22.4 Å². The SMILES string of the molecule is COc1ccc(COC[C@H](O)CN2C(=O)c3cccc4cccc2c34)cc1. The molecule has 1 atom stereocenters. The van der Waals surface area contributed by atoms with Crippen molar-refractivity contribution in [3.63, 3.8) is 0 Å². The molecule has 138 valence electrons. The maximum atomic E-state index is 12.7. The molecule has 0 saturated heterocycles. The molecule has 0 aromatic heterocycles. The lowest BCUT2D eigenvalue weighted by Crippen LogP contribution is -2.37. The lowest BCUT2D eigenvalue weighted by molar-refractivity contribution is 0.0317. The van der Waals surface area contributed by atoms with Crippen molar-refractivity contribution in [2.75, 3.05) is 25.2 Å². The zero-order valence-electron chi connectivity index (χ0n) is 15.1. The number of hydrogen-bond acceptors (Lipinski definition) is 4. The van der Waals surface area contributed by atoms with Crippen LogP contribution in [-0.2, 0) is 11.3 Å². The van der Waals surface area contributed by atoms with E-state index in [1.807, 2.05) is 60.7 Å². The molecule has 0 saturated carbocycles. The molecule has 0 fully saturated rings. The highest BCUT2D eigenvalue weighted by molar-refractivity contribution is 6.25. The Morgan fingerprint density at radius 2 is 1.78 bits per heavy atom. The van der Waals surface area contributed by atoms with Gasteiger partial charge >= 0.3 is 0 Å². The second kappa shape index (κ2) is 7.39. The topological polar surface area (TPSA) is 59.0 Å². The van der Waals surface area contributed by atoms with Gasteiger partial charge in [0.05, 0.1) is 38.7 Å². The number of carbonyl (C=O) groups excluding carboxylic acids is 1. The molecule has 3 aromatic rings. The van der Waals surface area contributed by atoms with Crippen LogP contribution < -0.4 is 9.64 Å². The molecule has 1 N–H and O–H groups in total. The van der Waals surface area contributed by atoms with E-state index in [4.69, 9.17) is 9.47 Å². The predicted molar refractivity (Wildman–Crippen MR) is 104 cm³/mol. The fourth-order valence-corrected chi connectivity index (χ4v) is 3.46. The Labute approximate surface area is 157 Å². The fourth-order valence-electron chi connectivity index (χ4n) is 3.46. The minimum Gasteiger partial charge on any atom is -0.497 e. The van der Waals surface area contributed by atoms with Crippen molar-refractivity contribution in [2.45, 2.75) is 12.7 Å². The Morgan fingerprint density at radius 1 is 1.04 bits per heavy atom. The molecule has 0 bridgehead atoms. The maximum Gasteiger partial charge on any atom is 0.259 e. The summed E-state index contributed by atoms with van der Waals surface area (Å²) in [4.78, 5) is 14.4. The molecule has 27 heavy (non-hydrogen) atoms. The third-order valence-corrected chi connectivity index (χ3v) is 4.78. The summed E-state index contributed by atoms with van der Waals surface area (Å²) in [7, 11) is 1.63. The maximum absolute atomic E-state index is 12.7. The van der Waals surface area contributed by atoms with E-state index in [1.165, 1.54) is 0 Å². The van der Waals surface area contributed by atoms with E-state index in [2.05, 4.69) is 0 Å². The van der Waals surface area contributed by atoms with Gasteiger partial charge in [-0.1, -0.05) is 36.4 Å². The van der Waals surface area contributed by atoms with Crippen molar-refractivity contribution in [3.05, 3.63) is 71.8 Å². The van der Waals surface area contributed by atoms with Crippen LogP contribution in [0.15, 0.2) is 60.7 Å². The van der Waals surface area contributed by atoms with Gasteiger partial charge in [0.15, 0.2) is 0 Å². The summed E-state index contributed by atoms with van der Waals surface area (Å²) in [6.07, 6.45) is -0.767. The second-order valence-electron chi connectivity index (χ2n) is 6.61. The van der Waals surface area contributed by atoms with Gasteiger partial charge < -0.3 is 19.5 Å². The number of rotatable bonds is 7. The van der Waals surface area contributed by atoms with Gasteiger partial charge in [-0.25, -0.2) is 0 Å². The molecule has 5 heteroatoms. The lowest BCUT2D eigenvalue weighted by atomic mass is 10.1. The number of anilines is 1. The molecular weight excluding hydrogens is 342 g/mol. The van der Waals surface area contributed by atoms with Gasteiger partial charge in [-0.15, -0.1) is 0 Å². The number of hydrogen-bond donors (Lipinski definition) is 1.